The van der Waals surface area contributed by atoms with Gasteiger partial charge in [0.25, 0.3) is 0 Å². The van der Waals surface area contributed by atoms with Crippen molar-refractivity contribution in [2.75, 3.05) is 13.1 Å². The van der Waals surface area contributed by atoms with E-state index in [0.29, 0.717) is 24.8 Å². The highest BCUT2D eigenvalue weighted by Crippen LogP contribution is 2.03. The van der Waals surface area contributed by atoms with Crippen LogP contribution in [0.5, 0.6) is 0 Å². The van der Waals surface area contributed by atoms with Crippen LogP contribution in [0.15, 0.2) is 4.99 Å². The van der Waals surface area contributed by atoms with E-state index in [4.69, 9.17) is 16.9 Å². The SMILES string of the molecule is CC(=N)NCC(O)[C@@H](N)CCCCN=C(C)N. The summed E-state index contributed by atoms with van der Waals surface area (Å²) in [5.41, 5.74) is 11.2. The van der Waals surface area contributed by atoms with E-state index < -0.39 is 6.10 Å². The van der Waals surface area contributed by atoms with Crippen LogP contribution < -0.4 is 16.8 Å². The zero-order chi connectivity index (χ0) is 13.3. The fraction of sp³-hybridized carbons (Fsp3) is 0.818. The number of aliphatic hydroxyl groups is 1. The summed E-state index contributed by atoms with van der Waals surface area (Å²) < 4.78 is 0. The van der Waals surface area contributed by atoms with Crippen LogP contribution in [0.2, 0.25) is 0 Å². The van der Waals surface area contributed by atoms with Gasteiger partial charge in [-0.25, -0.2) is 0 Å². The number of hydrogen-bond donors (Lipinski definition) is 5. The van der Waals surface area contributed by atoms with E-state index in [1.165, 1.54) is 0 Å². The Morgan fingerprint density at radius 1 is 1.41 bits per heavy atom. The number of nitrogens with one attached hydrogen (secondary N) is 2. The van der Waals surface area contributed by atoms with Gasteiger partial charge in [-0.2, -0.15) is 0 Å². The molecule has 1 unspecified atom stereocenters. The first-order valence-electron chi connectivity index (χ1n) is 5.92. The third kappa shape index (κ3) is 9.77. The lowest BCUT2D eigenvalue weighted by Crippen LogP contribution is -2.42. The van der Waals surface area contributed by atoms with Gasteiger partial charge in [-0.3, -0.25) is 10.4 Å². The normalized spacial score (nSPS) is 15.4. The average Bonchev–Trinajstić information content (AvgIpc) is 2.24. The summed E-state index contributed by atoms with van der Waals surface area (Å²) in [4.78, 5) is 4.08. The Kier molecular flexibility index (Phi) is 8.35. The largest absolute Gasteiger partial charge is 0.390 e. The van der Waals surface area contributed by atoms with Crippen LogP contribution in [0.3, 0.4) is 0 Å². The molecule has 0 aliphatic carbocycles. The minimum Gasteiger partial charge on any atom is -0.390 e. The Labute approximate surface area is 103 Å². The fourth-order valence-electron chi connectivity index (χ4n) is 1.35. The first kappa shape index (κ1) is 15.9. The molecule has 0 aromatic carbocycles. The molecule has 0 radical (unpaired) electrons. The van der Waals surface area contributed by atoms with Crippen molar-refractivity contribution in [2.45, 2.75) is 45.3 Å². The maximum absolute atomic E-state index is 9.68. The number of unbranched alkanes of at least 4 members (excludes halogenated alkanes) is 1. The molecule has 0 aromatic heterocycles. The van der Waals surface area contributed by atoms with Crippen molar-refractivity contribution in [1.82, 2.24) is 5.32 Å². The van der Waals surface area contributed by atoms with Gasteiger partial charge < -0.3 is 21.9 Å². The first-order chi connectivity index (χ1) is 7.93. The minimum atomic E-state index is -0.616. The van der Waals surface area contributed by atoms with Crippen LogP contribution in [-0.4, -0.2) is 42.0 Å². The summed E-state index contributed by atoms with van der Waals surface area (Å²) in [6, 6.07) is -0.259. The van der Waals surface area contributed by atoms with Crippen molar-refractivity contribution in [1.29, 1.82) is 5.41 Å². The molecule has 0 aromatic rings. The molecule has 6 heteroatoms. The monoisotopic (exact) mass is 243 g/mol. The third-order valence-corrected chi connectivity index (χ3v) is 2.38. The number of hydrogen-bond acceptors (Lipinski definition) is 4. The molecule has 0 fully saturated rings. The second kappa shape index (κ2) is 8.95. The molecule has 17 heavy (non-hydrogen) atoms. The molecule has 0 saturated heterocycles. The molecule has 0 aliphatic rings. The molecular weight excluding hydrogens is 218 g/mol. The van der Waals surface area contributed by atoms with Crippen molar-refractivity contribution in [3.63, 3.8) is 0 Å². The van der Waals surface area contributed by atoms with Gasteiger partial charge in [0.15, 0.2) is 0 Å². The van der Waals surface area contributed by atoms with E-state index in [1.54, 1.807) is 13.8 Å². The lowest BCUT2D eigenvalue weighted by atomic mass is 10.0. The smallest absolute Gasteiger partial charge is 0.0905 e. The summed E-state index contributed by atoms with van der Waals surface area (Å²) >= 11 is 0. The van der Waals surface area contributed by atoms with Gasteiger partial charge in [0.05, 0.1) is 17.8 Å². The number of rotatable bonds is 8. The fourth-order valence-corrected chi connectivity index (χ4v) is 1.35. The summed E-state index contributed by atoms with van der Waals surface area (Å²) in [6.07, 6.45) is 1.97. The van der Waals surface area contributed by atoms with Gasteiger partial charge in [-0.05, 0) is 33.1 Å². The Bertz CT molecular complexity index is 250. The highest BCUT2D eigenvalue weighted by atomic mass is 16.3. The second-order valence-electron chi connectivity index (χ2n) is 4.26. The Morgan fingerprint density at radius 2 is 2.06 bits per heavy atom. The molecule has 6 nitrogen and oxygen atoms in total. The summed E-state index contributed by atoms with van der Waals surface area (Å²) in [5, 5.41) is 19.6. The van der Waals surface area contributed by atoms with Crippen LogP contribution in [0.4, 0.5) is 0 Å². The van der Waals surface area contributed by atoms with Crippen LogP contribution in [0, 0.1) is 5.41 Å². The first-order valence-corrected chi connectivity index (χ1v) is 5.92. The molecule has 0 amide bonds. The molecule has 0 aliphatic heterocycles. The zero-order valence-corrected chi connectivity index (χ0v) is 10.7. The number of amidine groups is 2. The molecule has 0 saturated carbocycles. The minimum absolute atomic E-state index is 0.259. The van der Waals surface area contributed by atoms with E-state index in [-0.39, 0.29) is 6.04 Å². The topological polar surface area (TPSA) is 121 Å². The van der Waals surface area contributed by atoms with Crippen LogP contribution in [0.25, 0.3) is 0 Å². The third-order valence-electron chi connectivity index (χ3n) is 2.38. The van der Waals surface area contributed by atoms with Gasteiger partial charge in [0.2, 0.25) is 0 Å². The van der Waals surface area contributed by atoms with Gasteiger partial charge >= 0.3 is 0 Å². The number of aliphatic imine (C=N–C) groups is 1. The number of nitrogens with zero attached hydrogens (tertiary/aromatic N) is 1. The van der Waals surface area contributed by atoms with Gasteiger partial charge in [0, 0.05) is 19.1 Å². The standard InChI is InChI=1S/C11H25N5O/c1-8(12)15-6-4-3-5-10(14)11(17)7-16-9(2)13/h10-11,17H,3-7,14H2,1-2H3,(H2,12,15)(H2,13,16)/t10-,11?/m0/s1. The Balaban J connectivity index is 3.60. The van der Waals surface area contributed by atoms with E-state index in [1.807, 2.05) is 0 Å². The van der Waals surface area contributed by atoms with E-state index in [0.717, 1.165) is 19.3 Å². The van der Waals surface area contributed by atoms with Gasteiger partial charge in [0.1, 0.15) is 0 Å². The molecule has 100 valence electrons. The van der Waals surface area contributed by atoms with Crippen molar-refractivity contribution < 1.29 is 5.11 Å². The van der Waals surface area contributed by atoms with Crippen LogP contribution in [-0.2, 0) is 0 Å². The van der Waals surface area contributed by atoms with Crippen LogP contribution in [0.1, 0.15) is 33.1 Å². The Hall–Kier alpha value is -1.14. The van der Waals surface area contributed by atoms with Crippen molar-refractivity contribution >= 4 is 11.7 Å². The van der Waals surface area contributed by atoms with Crippen molar-refractivity contribution in [3.8, 4) is 0 Å². The summed E-state index contributed by atoms with van der Waals surface area (Å²) in [7, 11) is 0. The van der Waals surface area contributed by atoms with Gasteiger partial charge in [-0.1, -0.05) is 0 Å². The molecule has 0 bridgehead atoms. The maximum atomic E-state index is 9.68. The van der Waals surface area contributed by atoms with Crippen molar-refractivity contribution in [2.24, 2.45) is 16.5 Å². The van der Waals surface area contributed by atoms with E-state index in [2.05, 4.69) is 10.3 Å². The molecule has 7 N–H and O–H groups in total. The zero-order valence-electron chi connectivity index (χ0n) is 10.7. The molecule has 2 atom stereocenters. The number of nitrogens with two attached hydrogens (primary N) is 2. The highest BCUT2D eigenvalue weighted by Gasteiger charge is 2.13. The maximum Gasteiger partial charge on any atom is 0.0905 e. The summed E-state index contributed by atoms with van der Waals surface area (Å²) in [6.45, 7) is 4.44. The molecule has 0 spiro atoms. The van der Waals surface area contributed by atoms with Crippen LogP contribution >= 0.6 is 0 Å². The quantitative estimate of drug-likeness (QED) is 0.230. The Morgan fingerprint density at radius 3 is 2.59 bits per heavy atom. The molecular formula is C11H25N5O. The predicted molar refractivity (Wildman–Crippen MR) is 71.4 cm³/mol. The molecule has 0 heterocycles. The highest BCUT2D eigenvalue weighted by molar-refractivity contribution is 5.77. The number of aliphatic hydroxyl groups excluding tert-OH is 1. The average molecular weight is 243 g/mol. The second-order valence-corrected chi connectivity index (χ2v) is 4.26. The van der Waals surface area contributed by atoms with E-state index >= 15 is 0 Å². The molecule has 0 rings (SSSR count). The lowest BCUT2D eigenvalue weighted by Gasteiger charge is -2.19. The summed E-state index contributed by atoms with van der Waals surface area (Å²) in [5.74, 6) is 0.934. The van der Waals surface area contributed by atoms with Crippen molar-refractivity contribution in [3.05, 3.63) is 0 Å². The lowest BCUT2D eigenvalue weighted by molar-refractivity contribution is 0.142. The van der Waals surface area contributed by atoms with E-state index in [9.17, 15) is 5.11 Å². The van der Waals surface area contributed by atoms with Gasteiger partial charge in [-0.15, -0.1) is 0 Å². The predicted octanol–water partition coefficient (Wildman–Crippen LogP) is -0.191.